The summed E-state index contributed by atoms with van der Waals surface area (Å²) in [6.07, 6.45) is 3.35. The highest BCUT2D eigenvalue weighted by Gasteiger charge is 2.26. The van der Waals surface area contributed by atoms with Crippen LogP contribution in [0.2, 0.25) is 0 Å². The van der Waals surface area contributed by atoms with Crippen molar-refractivity contribution in [3.8, 4) is 0 Å². The summed E-state index contributed by atoms with van der Waals surface area (Å²) in [5, 5.41) is 23.2. The number of aromatic nitrogens is 1. The van der Waals surface area contributed by atoms with Crippen LogP contribution in [0.25, 0.3) is 0 Å². The van der Waals surface area contributed by atoms with Gasteiger partial charge < -0.3 is 10.4 Å². The molecule has 2 unspecified atom stereocenters. The normalized spacial score (nSPS) is 22.4. The molecule has 0 amide bonds. The summed E-state index contributed by atoms with van der Waals surface area (Å²) >= 11 is 0. The number of aryl methyl sites for hydroxylation is 1. The SMILES string of the molecule is Cc1nc(NCC2CCCC2CO)ccc1[N+](=O)[O-]. The van der Waals surface area contributed by atoms with Gasteiger partial charge in [-0.1, -0.05) is 6.42 Å². The molecule has 19 heavy (non-hydrogen) atoms. The molecule has 0 spiro atoms. The topological polar surface area (TPSA) is 88.3 Å². The Morgan fingerprint density at radius 1 is 1.47 bits per heavy atom. The molecule has 2 rings (SSSR count). The van der Waals surface area contributed by atoms with E-state index in [1.807, 2.05) is 0 Å². The average molecular weight is 265 g/mol. The summed E-state index contributed by atoms with van der Waals surface area (Å²) in [5.41, 5.74) is 0.458. The van der Waals surface area contributed by atoms with Gasteiger partial charge in [0.15, 0.2) is 0 Å². The zero-order valence-electron chi connectivity index (χ0n) is 11.0. The van der Waals surface area contributed by atoms with E-state index in [9.17, 15) is 15.2 Å². The third-order valence-electron chi connectivity index (χ3n) is 3.85. The number of nitro groups is 1. The third-order valence-corrected chi connectivity index (χ3v) is 3.85. The molecule has 0 aromatic carbocycles. The molecule has 2 atom stereocenters. The molecule has 1 aromatic rings. The van der Waals surface area contributed by atoms with Gasteiger partial charge in [0.1, 0.15) is 11.5 Å². The van der Waals surface area contributed by atoms with Crippen LogP contribution in [0.3, 0.4) is 0 Å². The van der Waals surface area contributed by atoms with Gasteiger partial charge in [-0.25, -0.2) is 4.98 Å². The molecular weight excluding hydrogens is 246 g/mol. The van der Waals surface area contributed by atoms with Crippen molar-refractivity contribution in [3.63, 3.8) is 0 Å². The molecule has 1 aromatic heterocycles. The fraction of sp³-hybridized carbons (Fsp3) is 0.615. The number of rotatable bonds is 5. The minimum Gasteiger partial charge on any atom is -0.396 e. The number of pyridine rings is 1. The fourth-order valence-corrected chi connectivity index (χ4v) is 2.70. The van der Waals surface area contributed by atoms with Crippen LogP contribution in [0.5, 0.6) is 0 Å². The lowest BCUT2D eigenvalue weighted by atomic mass is 9.97. The molecule has 1 heterocycles. The molecule has 0 radical (unpaired) electrons. The average Bonchev–Trinajstić information content (AvgIpc) is 2.83. The van der Waals surface area contributed by atoms with E-state index < -0.39 is 4.92 Å². The number of nitrogens with zero attached hydrogens (tertiary/aromatic N) is 2. The van der Waals surface area contributed by atoms with Crippen molar-refractivity contribution in [1.82, 2.24) is 4.98 Å². The maximum absolute atomic E-state index is 10.7. The van der Waals surface area contributed by atoms with Crippen LogP contribution >= 0.6 is 0 Å². The van der Waals surface area contributed by atoms with Crippen molar-refractivity contribution in [2.45, 2.75) is 26.2 Å². The van der Waals surface area contributed by atoms with Crippen molar-refractivity contribution >= 4 is 11.5 Å². The van der Waals surface area contributed by atoms with Crippen molar-refractivity contribution in [2.24, 2.45) is 11.8 Å². The first-order valence-electron chi connectivity index (χ1n) is 6.58. The molecule has 2 N–H and O–H groups in total. The zero-order valence-corrected chi connectivity index (χ0v) is 11.0. The van der Waals surface area contributed by atoms with E-state index in [2.05, 4.69) is 10.3 Å². The first kappa shape index (κ1) is 13.7. The summed E-state index contributed by atoms with van der Waals surface area (Å²) in [4.78, 5) is 14.5. The van der Waals surface area contributed by atoms with Crippen LogP contribution in [0.15, 0.2) is 12.1 Å². The number of aliphatic hydroxyl groups excluding tert-OH is 1. The second kappa shape index (κ2) is 5.97. The summed E-state index contributed by atoms with van der Waals surface area (Å²) < 4.78 is 0. The maximum Gasteiger partial charge on any atom is 0.290 e. The Bertz CT molecular complexity index is 464. The van der Waals surface area contributed by atoms with Crippen LogP contribution in [-0.2, 0) is 0 Å². The van der Waals surface area contributed by atoms with E-state index in [-0.39, 0.29) is 12.3 Å². The standard InChI is InChI=1S/C13H19N3O3/c1-9-12(16(18)19)5-6-13(15-9)14-7-10-3-2-4-11(10)8-17/h5-6,10-11,17H,2-4,7-8H2,1H3,(H,14,15). The monoisotopic (exact) mass is 265 g/mol. The fourth-order valence-electron chi connectivity index (χ4n) is 2.70. The van der Waals surface area contributed by atoms with Crippen LogP contribution in [0.4, 0.5) is 11.5 Å². The minimum atomic E-state index is -0.426. The molecule has 6 nitrogen and oxygen atoms in total. The quantitative estimate of drug-likeness (QED) is 0.629. The maximum atomic E-state index is 10.7. The number of anilines is 1. The largest absolute Gasteiger partial charge is 0.396 e. The Labute approximate surface area is 112 Å². The third kappa shape index (κ3) is 3.20. The zero-order chi connectivity index (χ0) is 13.8. The molecular formula is C13H19N3O3. The van der Waals surface area contributed by atoms with E-state index >= 15 is 0 Å². The Balaban J connectivity index is 1.96. The lowest BCUT2D eigenvalue weighted by Gasteiger charge is -2.18. The van der Waals surface area contributed by atoms with E-state index in [0.717, 1.165) is 25.8 Å². The van der Waals surface area contributed by atoms with Gasteiger partial charge in [-0.15, -0.1) is 0 Å². The molecule has 104 valence electrons. The molecule has 1 saturated carbocycles. The van der Waals surface area contributed by atoms with Gasteiger partial charge >= 0.3 is 0 Å². The van der Waals surface area contributed by atoms with Gasteiger partial charge in [0.2, 0.25) is 0 Å². The molecule has 6 heteroatoms. The second-order valence-corrected chi connectivity index (χ2v) is 5.07. The van der Waals surface area contributed by atoms with Gasteiger partial charge in [0.05, 0.1) is 4.92 Å². The van der Waals surface area contributed by atoms with E-state index in [1.54, 1.807) is 13.0 Å². The predicted molar refractivity (Wildman–Crippen MR) is 72.0 cm³/mol. The second-order valence-electron chi connectivity index (χ2n) is 5.07. The predicted octanol–water partition coefficient (Wildman–Crippen LogP) is 2.12. The van der Waals surface area contributed by atoms with Crippen molar-refractivity contribution < 1.29 is 10.0 Å². The molecule has 1 aliphatic carbocycles. The van der Waals surface area contributed by atoms with Crippen LogP contribution in [-0.4, -0.2) is 28.2 Å². The summed E-state index contributed by atoms with van der Waals surface area (Å²) in [5.74, 6) is 1.49. The summed E-state index contributed by atoms with van der Waals surface area (Å²) in [6.45, 7) is 2.63. The Kier molecular flexibility index (Phi) is 4.31. The van der Waals surface area contributed by atoms with E-state index in [4.69, 9.17) is 0 Å². The first-order valence-corrected chi connectivity index (χ1v) is 6.58. The summed E-state index contributed by atoms with van der Waals surface area (Å²) in [6, 6.07) is 3.11. The van der Waals surface area contributed by atoms with E-state index in [1.165, 1.54) is 6.07 Å². The molecule has 0 saturated heterocycles. The minimum absolute atomic E-state index is 0.0413. The Hall–Kier alpha value is -1.69. The van der Waals surface area contributed by atoms with Crippen LogP contribution < -0.4 is 5.32 Å². The lowest BCUT2D eigenvalue weighted by Crippen LogP contribution is -2.21. The molecule has 1 aliphatic rings. The van der Waals surface area contributed by atoms with Crippen molar-refractivity contribution in [2.75, 3.05) is 18.5 Å². The van der Waals surface area contributed by atoms with Gasteiger partial charge in [0, 0.05) is 19.2 Å². The van der Waals surface area contributed by atoms with Crippen molar-refractivity contribution in [1.29, 1.82) is 0 Å². The number of hydrogen-bond donors (Lipinski definition) is 2. The van der Waals surface area contributed by atoms with Gasteiger partial charge in [-0.2, -0.15) is 0 Å². The molecule has 1 fully saturated rings. The van der Waals surface area contributed by atoms with Gasteiger partial charge in [-0.05, 0) is 37.7 Å². The highest BCUT2D eigenvalue weighted by atomic mass is 16.6. The lowest BCUT2D eigenvalue weighted by molar-refractivity contribution is -0.385. The highest BCUT2D eigenvalue weighted by Crippen LogP contribution is 2.31. The van der Waals surface area contributed by atoms with Crippen molar-refractivity contribution in [3.05, 3.63) is 27.9 Å². The highest BCUT2D eigenvalue weighted by molar-refractivity contribution is 5.44. The number of nitrogens with one attached hydrogen (secondary N) is 1. The van der Waals surface area contributed by atoms with Crippen LogP contribution in [0, 0.1) is 28.9 Å². The first-order chi connectivity index (χ1) is 9.11. The summed E-state index contributed by atoms with van der Waals surface area (Å²) in [7, 11) is 0. The number of hydrogen-bond acceptors (Lipinski definition) is 5. The smallest absolute Gasteiger partial charge is 0.290 e. The number of aliphatic hydroxyl groups is 1. The van der Waals surface area contributed by atoms with Crippen LogP contribution in [0.1, 0.15) is 25.0 Å². The Morgan fingerprint density at radius 2 is 2.21 bits per heavy atom. The Morgan fingerprint density at radius 3 is 2.84 bits per heavy atom. The van der Waals surface area contributed by atoms with Gasteiger partial charge in [0.25, 0.3) is 5.69 Å². The molecule has 0 aliphatic heterocycles. The molecule has 0 bridgehead atoms. The van der Waals surface area contributed by atoms with E-state index in [0.29, 0.717) is 23.3 Å². The van der Waals surface area contributed by atoms with Gasteiger partial charge in [-0.3, -0.25) is 10.1 Å².